The van der Waals surface area contributed by atoms with Crippen molar-refractivity contribution < 1.29 is 21.6 Å². The molecule has 0 fully saturated rings. The number of aliphatic imine (C=N–C) groups is 1. The highest BCUT2D eigenvalue weighted by molar-refractivity contribution is 7.89. The van der Waals surface area contributed by atoms with Crippen molar-refractivity contribution in [3.8, 4) is 0 Å². The molecule has 25 heavy (non-hydrogen) atoms. The lowest BCUT2D eigenvalue weighted by molar-refractivity contribution is -0.132. The summed E-state index contributed by atoms with van der Waals surface area (Å²) in [5, 5.41) is 5.60. The van der Waals surface area contributed by atoms with E-state index in [0.717, 1.165) is 4.88 Å². The van der Waals surface area contributed by atoms with Gasteiger partial charge in [0.25, 0.3) is 0 Å². The van der Waals surface area contributed by atoms with Gasteiger partial charge < -0.3 is 10.6 Å². The third-order valence-electron chi connectivity index (χ3n) is 3.00. The first kappa shape index (κ1) is 21.7. The van der Waals surface area contributed by atoms with Crippen molar-refractivity contribution in [3.05, 3.63) is 15.8 Å². The zero-order chi connectivity index (χ0) is 19.1. The lowest BCUT2D eigenvalue weighted by Gasteiger charge is -2.12. The van der Waals surface area contributed by atoms with Crippen molar-refractivity contribution in [2.45, 2.75) is 38.3 Å². The molecule has 0 bridgehead atoms. The van der Waals surface area contributed by atoms with Gasteiger partial charge in [-0.05, 0) is 26.8 Å². The van der Waals surface area contributed by atoms with Crippen molar-refractivity contribution in [3.63, 3.8) is 0 Å². The van der Waals surface area contributed by atoms with Gasteiger partial charge in [0.2, 0.25) is 10.0 Å². The number of rotatable bonds is 8. The zero-order valence-corrected chi connectivity index (χ0v) is 16.0. The molecule has 0 aromatic carbocycles. The second-order valence-electron chi connectivity index (χ2n) is 5.23. The lowest BCUT2D eigenvalue weighted by atomic mass is 10.4. The molecule has 3 N–H and O–H groups in total. The number of thiophene rings is 1. The van der Waals surface area contributed by atoms with Gasteiger partial charge in [0.15, 0.2) is 5.96 Å². The van der Waals surface area contributed by atoms with Crippen molar-refractivity contribution in [2.24, 2.45) is 4.99 Å². The standard InChI is InChI=1S/C14H23F3N4O2S2/c1-4-18-13(19-6-5-14(15,16)17)20-7-8-21-25(22,23)12-9-10(2)24-11(12)3/h9,21H,4-8H2,1-3H3,(H2,18,19,20). The van der Waals surface area contributed by atoms with Crippen LogP contribution in [0.15, 0.2) is 16.0 Å². The van der Waals surface area contributed by atoms with Gasteiger partial charge in [0.05, 0.1) is 17.9 Å². The van der Waals surface area contributed by atoms with E-state index in [9.17, 15) is 21.6 Å². The van der Waals surface area contributed by atoms with E-state index in [1.165, 1.54) is 11.3 Å². The lowest BCUT2D eigenvalue weighted by Crippen LogP contribution is -2.41. The van der Waals surface area contributed by atoms with Gasteiger partial charge in [-0.1, -0.05) is 0 Å². The highest BCUT2D eigenvalue weighted by atomic mass is 32.2. The normalized spacial score (nSPS) is 13.1. The van der Waals surface area contributed by atoms with Crippen molar-refractivity contribution in [1.82, 2.24) is 15.4 Å². The van der Waals surface area contributed by atoms with E-state index < -0.39 is 29.2 Å². The van der Waals surface area contributed by atoms with Crippen LogP contribution in [0.1, 0.15) is 23.1 Å². The van der Waals surface area contributed by atoms with Crippen LogP contribution >= 0.6 is 11.3 Å². The highest BCUT2D eigenvalue weighted by Gasteiger charge is 2.26. The van der Waals surface area contributed by atoms with Crippen LogP contribution < -0.4 is 15.4 Å². The van der Waals surface area contributed by atoms with Crippen LogP contribution in [0.3, 0.4) is 0 Å². The molecule has 0 atom stereocenters. The topological polar surface area (TPSA) is 82.6 Å². The first-order chi connectivity index (χ1) is 11.5. The molecule has 0 aliphatic heterocycles. The summed E-state index contributed by atoms with van der Waals surface area (Å²) >= 11 is 1.40. The Labute approximate surface area is 150 Å². The van der Waals surface area contributed by atoms with Gasteiger partial charge in [-0.15, -0.1) is 11.3 Å². The van der Waals surface area contributed by atoms with Gasteiger partial charge in [-0.3, -0.25) is 4.99 Å². The molecule has 1 aromatic heterocycles. The smallest absolute Gasteiger partial charge is 0.357 e. The first-order valence-corrected chi connectivity index (χ1v) is 10.0. The summed E-state index contributed by atoms with van der Waals surface area (Å²) in [5.74, 6) is 0.216. The van der Waals surface area contributed by atoms with Crippen LogP contribution in [-0.4, -0.2) is 46.7 Å². The number of guanidine groups is 1. The van der Waals surface area contributed by atoms with E-state index in [-0.39, 0.29) is 23.9 Å². The molecule has 6 nitrogen and oxygen atoms in total. The van der Waals surface area contributed by atoms with Crippen molar-refractivity contribution in [1.29, 1.82) is 0 Å². The van der Waals surface area contributed by atoms with E-state index in [2.05, 4.69) is 20.3 Å². The SMILES string of the molecule is CCNC(=NCCC(F)(F)F)NCCNS(=O)(=O)c1cc(C)sc1C. The predicted octanol–water partition coefficient (Wildman–Crippen LogP) is 2.15. The van der Waals surface area contributed by atoms with Gasteiger partial charge in [0, 0.05) is 29.4 Å². The van der Waals surface area contributed by atoms with Crippen LogP contribution in [-0.2, 0) is 10.0 Å². The quantitative estimate of drug-likeness (QED) is 0.355. The summed E-state index contributed by atoms with van der Waals surface area (Å²) < 4.78 is 63.3. The summed E-state index contributed by atoms with van der Waals surface area (Å²) in [6.07, 6.45) is -5.26. The van der Waals surface area contributed by atoms with Crippen LogP contribution in [0, 0.1) is 13.8 Å². The van der Waals surface area contributed by atoms with Crippen molar-refractivity contribution >= 4 is 27.3 Å². The summed E-state index contributed by atoms with van der Waals surface area (Å²) in [4.78, 5) is 5.67. The summed E-state index contributed by atoms with van der Waals surface area (Å²) in [5.41, 5.74) is 0. The third kappa shape index (κ3) is 8.06. The molecule has 0 aliphatic rings. The molecule has 11 heteroatoms. The maximum atomic E-state index is 12.2. The van der Waals surface area contributed by atoms with E-state index in [0.29, 0.717) is 11.4 Å². The largest absolute Gasteiger partial charge is 0.390 e. The fourth-order valence-electron chi connectivity index (χ4n) is 1.95. The number of halogens is 3. The van der Waals surface area contributed by atoms with Crippen LogP contribution in [0.5, 0.6) is 0 Å². The Kier molecular flexibility index (Phi) is 8.16. The minimum atomic E-state index is -4.26. The number of hydrogen-bond donors (Lipinski definition) is 3. The second kappa shape index (κ2) is 9.39. The molecular formula is C14H23F3N4O2S2. The number of nitrogens with zero attached hydrogens (tertiary/aromatic N) is 1. The molecule has 144 valence electrons. The van der Waals surface area contributed by atoms with Crippen LogP contribution in [0.25, 0.3) is 0 Å². The van der Waals surface area contributed by atoms with Crippen molar-refractivity contribution in [2.75, 3.05) is 26.2 Å². The molecular weight excluding hydrogens is 377 g/mol. The van der Waals surface area contributed by atoms with E-state index >= 15 is 0 Å². The molecule has 1 aromatic rings. The van der Waals surface area contributed by atoms with E-state index in [1.807, 2.05) is 6.92 Å². The number of alkyl halides is 3. The molecule has 0 saturated carbocycles. The summed E-state index contributed by atoms with van der Waals surface area (Å²) in [7, 11) is -3.61. The monoisotopic (exact) mass is 400 g/mol. The molecule has 0 spiro atoms. The molecule has 1 rings (SSSR count). The minimum Gasteiger partial charge on any atom is -0.357 e. The molecule has 0 aliphatic carbocycles. The Morgan fingerprint density at radius 2 is 1.92 bits per heavy atom. The van der Waals surface area contributed by atoms with Crippen LogP contribution in [0.2, 0.25) is 0 Å². The number of sulfonamides is 1. The third-order valence-corrected chi connectivity index (χ3v) is 5.69. The average molecular weight is 400 g/mol. The first-order valence-electron chi connectivity index (χ1n) is 7.71. The Morgan fingerprint density at radius 3 is 2.44 bits per heavy atom. The predicted molar refractivity (Wildman–Crippen MR) is 93.6 cm³/mol. The van der Waals surface area contributed by atoms with E-state index in [4.69, 9.17) is 0 Å². The fraction of sp³-hybridized carbons (Fsp3) is 0.643. The van der Waals surface area contributed by atoms with Crippen LogP contribution in [0.4, 0.5) is 13.2 Å². The Balaban J connectivity index is 2.50. The maximum Gasteiger partial charge on any atom is 0.390 e. The van der Waals surface area contributed by atoms with Gasteiger partial charge in [-0.25, -0.2) is 13.1 Å². The number of nitrogens with one attached hydrogen (secondary N) is 3. The maximum absolute atomic E-state index is 12.2. The average Bonchev–Trinajstić information content (AvgIpc) is 2.82. The van der Waals surface area contributed by atoms with Gasteiger partial charge in [0.1, 0.15) is 0 Å². The summed E-state index contributed by atoms with van der Waals surface area (Å²) in [6, 6.07) is 1.61. The van der Waals surface area contributed by atoms with Gasteiger partial charge in [-0.2, -0.15) is 13.2 Å². The Bertz CT molecular complexity index is 685. The highest BCUT2D eigenvalue weighted by Crippen LogP contribution is 2.24. The number of aryl methyl sites for hydroxylation is 2. The molecule has 0 radical (unpaired) electrons. The fourth-order valence-corrected chi connectivity index (χ4v) is 4.54. The molecule has 0 unspecified atom stereocenters. The Hall–Kier alpha value is -1.33. The molecule has 0 saturated heterocycles. The zero-order valence-electron chi connectivity index (χ0n) is 14.3. The Morgan fingerprint density at radius 1 is 1.24 bits per heavy atom. The van der Waals surface area contributed by atoms with Gasteiger partial charge >= 0.3 is 6.18 Å². The minimum absolute atomic E-state index is 0.0837. The van der Waals surface area contributed by atoms with E-state index in [1.54, 1.807) is 19.9 Å². The second-order valence-corrected chi connectivity index (χ2v) is 8.42. The summed E-state index contributed by atoms with van der Waals surface area (Å²) in [6.45, 7) is 5.72. The molecule has 1 heterocycles. The molecule has 0 amide bonds. The number of hydrogen-bond acceptors (Lipinski definition) is 4.